The second-order valence-electron chi connectivity index (χ2n) is 7.25. The van der Waals surface area contributed by atoms with Crippen molar-refractivity contribution in [1.29, 1.82) is 0 Å². The van der Waals surface area contributed by atoms with E-state index in [1.54, 1.807) is 7.05 Å². The van der Waals surface area contributed by atoms with Gasteiger partial charge in [0.2, 0.25) is 5.78 Å². The van der Waals surface area contributed by atoms with Crippen LogP contribution in [0, 0.1) is 0 Å². The van der Waals surface area contributed by atoms with Gasteiger partial charge < -0.3 is 4.57 Å². The van der Waals surface area contributed by atoms with E-state index in [-0.39, 0.29) is 11.2 Å². The minimum Gasteiger partial charge on any atom is -0.310 e. The lowest BCUT2D eigenvalue weighted by molar-refractivity contribution is 0.593. The number of benzene rings is 1. The molecule has 7 heteroatoms. The van der Waals surface area contributed by atoms with Crippen molar-refractivity contribution in [2.75, 3.05) is 0 Å². The van der Waals surface area contributed by atoms with Crippen LogP contribution in [0.4, 0.5) is 0 Å². The van der Waals surface area contributed by atoms with Crippen molar-refractivity contribution in [3.8, 4) is 11.3 Å². The van der Waals surface area contributed by atoms with Gasteiger partial charge in [0, 0.05) is 26.8 Å². The molecule has 7 nitrogen and oxygen atoms in total. The molecule has 0 amide bonds. The van der Waals surface area contributed by atoms with E-state index in [2.05, 4.69) is 23.6 Å². The predicted octanol–water partition coefficient (Wildman–Crippen LogP) is 2.93. The van der Waals surface area contributed by atoms with Gasteiger partial charge in [-0.3, -0.25) is 18.3 Å². The summed E-state index contributed by atoms with van der Waals surface area (Å²) in [5.41, 5.74) is 2.27. The van der Waals surface area contributed by atoms with Gasteiger partial charge in [-0.05, 0) is 12.0 Å². The summed E-state index contributed by atoms with van der Waals surface area (Å²) in [4.78, 5) is 29.8. The monoisotopic (exact) mass is 379 g/mol. The minimum absolute atomic E-state index is 0.326. The van der Waals surface area contributed by atoms with Crippen LogP contribution in [0.1, 0.15) is 32.6 Å². The highest BCUT2D eigenvalue weighted by atomic mass is 16.2. The third kappa shape index (κ3) is 2.78. The highest BCUT2D eigenvalue weighted by molar-refractivity contribution is 5.78. The fourth-order valence-electron chi connectivity index (χ4n) is 3.77. The molecule has 4 rings (SSSR count). The average Bonchev–Trinajstić information content (AvgIpc) is 3.25. The molecule has 1 aromatic carbocycles. The third-order valence-corrected chi connectivity index (χ3v) is 5.36. The number of nitrogens with zero attached hydrogens (tertiary/aromatic N) is 5. The number of aryl methyl sites for hydroxylation is 2. The van der Waals surface area contributed by atoms with Crippen molar-refractivity contribution in [2.24, 2.45) is 14.1 Å². The number of fused-ring (bicyclic) bond motifs is 3. The Balaban J connectivity index is 1.99. The maximum absolute atomic E-state index is 12.8. The van der Waals surface area contributed by atoms with Crippen molar-refractivity contribution in [2.45, 2.75) is 39.2 Å². The molecule has 4 aromatic rings. The Hall–Kier alpha value is -3.09. The van der Waals surface area contributed by atoms with Gasteiger partial charge in [-0.25, -0.2) is 4.79 Å². The van der Waals surface area contributed by atoms with Crippen LogP contribution in [0.2, 0.25) is 0 Å². The summed E-state index contributed by atoms with van der Waals surface area (Å²) in [5, 5.41) is 0. The van der Waals surface area contributed by atoms with Crippen LogP contribution in [0.3, 0.4) is 0 Å². The van der Waals surface area contributed by atoms with Crippen molar-refractivity contribution < 1.29 is 0 Å². The van der Waals surface area contributed by atoms with Gasteiger partial charge in [0.05, 0.1) is 5.69 Å². The van der Waals surface area contributed by atoms with Crippen LogP contribution >= 0.6 is 0 Å². The Morgan fingerprint density at radius 1 is 0.964 bits per heavy atom. The zero-order valence-electron chi connectivity index (χ0n) is 16.6. The van der Waals surface area contributed by atoms with Gasteiger partial charge in [-0.1, -0.05) is 56.5 Å². The van der Waals surface area contributed by atoms with Crippen molar-refractivity contribution in [1.82, 2.24) is 23.1 Å². The van der Waals surface area contributed by atoms with E-state index in [9.17, 15) is 9.59 Å². The van der Waals surface area contributed by atoms with Crippen LogP contribution in [0.15, 0.2) is 46.1 Å². The molecule has 0 radical (unpaired) electrons. The lowest BCUT2D eigenvalue weighted by atomic mass is 10.1. The van der Waals surface area contributed by atoms with Crippen molar-refractivity contribution in [3.63, 3.8) is 0 Å². The zero-order valence-corrected chi connectivity index (χ0v) is 16.6. The Morgan fingerprint density at radius 3 is 2.43 bits per heavy atom. The predicted molar refractivity (Wildman–Crippen MR) is 111 cm³/mol. The molecule has 0 aliphatic rings. The summed E-state index contributed by atoms with van der Waals surface area (Å²) in [7, 11) is 3.16. The van der Waals surface area contributed by atoms with Gasteiger partial charge in [0.15, 0.2) is 11.2 Å². The molecule has 0 unspecified atom stereocenters. The quantitative estimate of drug-likeness (QED) is 0.484. The second-order valence-corrected chi connectivity index (χ2v) is 7.25. The maximum atomic E-state index is 12.8. The second kappa shape index (κ2) is 7.14. The largest absolute Gasteiger partial charge is 0.332 e. The van der Waals surface area contributed by atoms with Gasteiger partial charge >= 0.3 is 5.69 Å². The average molecular weight is 379 g/mol. The smallest absolute Gasteiger partial charge is 0.310 e. The number of hydrogen-bond acceptors (Lipinski definition) is 3. The Morgan fingerprint density at radius 2 is 1.71 bits per heavy atom. The summed E-state index contributed by atoms with van der Waals surface area (Å²) >= 11 is 0. The fourth-order valence-corrected chi connectivity index (χ4v) is 3.77. The number of aromatic nitrogens is 5. The lowest BCUT2D eigenvalue weighted by Crippen LogP contribution is -2.37. The van der Waals surface area contributed by atoms with E-state index in [4.69, 9.17) is 4.98 Å². The summed E-state index contributed by atoms with van der Waals surface area (Å²) < 4.78 is 6.57. The van der Waals surface area contributed by atoms with Gasteiger partial charge in [0.1, 0.15) is 0 Å². The molecule has 0 fully saturated rings. The Kier molecular flexibility index (Phi) is 4.66. The molecule has 3 aromatic heterocycles. The third-order valence-electron chi connectivity index (χ3n) is 5.36. The maximum Gasteiger partial charge on any atom is 0.332 e. The first-order valence-electron chi connectivity index (χ1n) is 9.77. The first-order chi connectivity index (χ1) is 13.5. The van der Waals surface area contributed by atoms with Crippen molar-refractivity contribution in [3.05, 3.63) is 57.4 Å². The highest BCUT2D eigenvalue weighted by Gasteiger charge is 2.20. The molecule has 0 aliphatic heterocycles. The van der Waals surface area contributed by atoms with Gasteiger partial charge in [0.25, 0.3) is 5.56 Å². The van der Waals surface area contributed by atoms with Crippen LogP contribution in [0.5, 0.6) is 0 Å². The number of hydrogen-bond donors (Lipinski definition) is 0. The molecule has 0 saturated carbocycles. The molecule has 28 heavy (non-hydrogen) atoms. The molecule has 0 aliphatic carbocycles. The molecule has 0 atom stereocenters. The van der Waals surface area contributed by atoms with E-state index in [1.165, 1.54) is 24.5 Å². The van der Waals surface area contributed by atoms with Crippen LogP contribution < -0.4 is 11.2 Å². The lowest BCUT2D eigenvalue weighted by Gasteiger charge is -2.09. The minimum atomic E-state index is -0.365. The molecule has 146 valence electrons. The first-order valence-corrected chi connectivity index (χ1v) is 9.77. The summed E-state index contributed by atoms with van der Waals surface area (Å²) in [6.07, 6.45) is 6.53. The standard InChI is InChI=1S/C21H25N5O2/c1-4-5-6-10-13-25-16(15-11-8-7-9-12-15)14-26-17-18(22-20(25)26)23(2)21(28)24(3)19(17)27/h7-9,11-12,14H,4-6,10,13H2,1-3H3. The number of unbranched alkanes of at least 4 members (excludes halogenated alkanes) is 3. The Bertz CT molecular complexity index is 1260. The zero-order chi connectivity index (χ0) is 19.8. The van der Waals surface area contributed by atoms with E-state index < -0.39 is 0 Å². The van der Waals surface area contributed by atoms with Crippen LogP contribution in [0.25, 0.3) is 28.2 Å². The van der Waals surface area contributed by atoms with Gasteiger partial charge in [-0.15, -0.1) is 0 Å². The van der Waals surface area contributed by atoms with E-state index in [0.717, 1.165) is 35.2 Å². The highest BCUT2D eigenvalue weighted by Crippen LogP contribution is 2.25. The fraction of sp³-hybridized carbons (Fsp3) is 0.381. The number of rotatable bonds is 6. The molecule has 0 spiro atoms. The van der Waals surface area contributed by atoms with Gasteiger partial charge in [-0.2, -0.15) is 4.98 Å². The topological polar surface area (TPSA) is 66.2 Å². The summed E-state index contributed by atoms with van der Waals surface area (Å²) in [6.45, 7) is 3.01. The first kappa shape index (κ1) is 18.3. The molecule has 0 bridgehead atoms. The summed E-state index contributed by atoms with van der Waals surface area (Å²) in [5.74, 6) is 0.698. The van der Waals surface area contributed by atoms with E-state index in [0.29, 0.717) is 16.9 Å². The molecular weight excluding hydrogens is 354 g/mol. The SMILES string of the molecule is CCCCCCn1c(-c2ccccc2)cn2c3c(=O)n(C)c(=O)n(C)c3nc12. The summed E-state index contributed by atoms with van der Waals surface area (Å²) in [6, 6.07) is 10.1. The van der Waals surface area contributed by atoms with E-state index >= 15 is 0 Å². The van der Waals surface area contributed by atoms with E-state index in [1.807, 2.05) is 28.8 Å². The van der Waals surface area contributed by atoms with Crippen molar-refractivity contribution >= 4 is 16.9 Å². The molecular formula is C21H25N5O2. The molecule has 0 N–H and O–H groups in total. The Labute approximate surface area is 162 Å². The molecule has 0 saturated heterocycles. The van der Waals surface area contributed by atoms with Crippen LogP contribution in [-0.2, 0) is 20.6 Å². The number of imidazole rings is 2. The van der Waals surface area contributed by atoms with Crippen LogP contribution in [-0.4, -0.2) is 23.1 Å². The normalized spacial score (nSPS) is 11.7. The molecule has 3 heterocycles.